The number of rotatable bonds is 9. The van der Waals surface area contributed by atoms with Crippen molar-refractivity contribution in [2.45, 2.75) is 148 Å². The third-order valence-electron chi connectivity index (χ3n) is 12.1. The van der Waals surface area contributed by atoms with Crippen molar-refractivity contribution in [1.29, 1.82) is 0 Å². The minimum Gasteiger partial charge on any atom is -0.459 e. The molecule has 0 N–H and O–H groups in total. The van der Waals surface area contributed by atoms with Crippen molar-refractivity contribution in [3.63, 3.8) is 0 Å². The number of cyclic esters (lactones) is 1. The highest BCUT2D eigenvalue weighted by Crippen LogP contribution is 2.45. The van der Waals surface area contributed by atoms with Gasteiger partial charge in [-0.2, -0.15) is 0 Å². The number of Topliss-reactive ketones (excluding diaryl/α,β-unsaturated/α-hetero) is 1. The zero-order chi connectivity index (χ0) is 40.2. The fraction of sp³-hybridized carbons (Fsp3) is 0.762. The number of hydrogen-bond acceptors (Lipinski definition) is 13. The summed E-state index contributed by atoms with van der Waals surface area (Å²) in [6.07, 6.45) is -2.72. The lowest BCUT2D eigenvalue weighted by atomic mass is 9.75. The number of oxime groups is 1. The maximum absolute atomic E-state index is 14.2. The molecule has 5 rings (SSSR count). The largest absolute Gasteiger partial charge is 0.459 e. The van der Waals surface area contributed by atoms with Gasteiger partial charge in [0.15, 0.2) is 23.8 Å². The van der Waals surface area contributed by atoms with Gasteiger partial charge in [0.2, 0.25) is 0 Å². The number of likely N-dealkylation sites (N-methyl/N-ethyl adjacent to an activating group) is 1. The fourth-order valence-corrected chi connectivity index (χ4v) is 9.20. The van der Waals surface area contributed by atoms with Crippen LogP contribution in [-0.2, 0) is 58.8 Å². The van der Waals surface area contributed by atoms with Crippen LogP contribution in [-0.4, -0.2) is 122 Å². The topological polar surface area (TPSA) is 141 Å². The molecule has 0 spiro atoms. The van der Waals surface area contributed by atoms with Crippen LogP contribution in [0.1, 0.15) is 87.1 Å². The van der Waals surface area contributed by atoms with Crippen LogP contribution in [0.2, 0.25) is 0 Å². The quantitative estimate of drug-likeness (QED) is 0.186. The molecule has 4 heterocycles. The highest BCUT2D eigenvalue weighted by Gasteiger charge is 2.59. The molecule has 3 unspecified atom stereocenters. The summed E-state index contributed by atoms with van der Waals surface area (Å²) in [5.74, 6) is -3.06. The van der Waals surface area contributed by atoms with E-state index >= 15 is 0 Å². The summed E-state index contributed by atoms with van der Waals surface area (Å²) in [5.41, 5.74) is -0.782. The lowest BCUT2D eigenvalue weighted by Crippen LogP contribution is -2.60. The van der Waals surface area contributed by atoms with Gasteiger partial charge in [0, 0.05) is 25.2 Å². The Labute approximate surface area is 327 Å². The number of hydrogen-bond donors (Lipinski definition) is 0. The summed E-state index contributed by atoms with van der Waals surface area (Å²) < 4.78 is 46.1. The third kappa shape index (κ3) is 9.61. The van der Waals surface area contributed by atoms with Gasteiger partial charge >= 0.3 is 11.9 Å². The number of ether oxygens (including phenoxy) is 7. The number of carbonyl (C=O) groups excluding carboxylic acids is 3. The van der Waals surface area contributed by atoms with Crippen LogP contribution in [0.25, 0.3) is 0 Å². The molecule has 13 nitrogen and oxygen atoms in total. The van der Waals surface area contributed by atoms with E-state index in [9.17, 15) is 14.4 Å². The maximum Gasteiger partial charge on any atom is 0.311 e. The first-order valence-electron chi connectivity index (χ1n) is 20.0. The summed E-state index contributed by atoms with van der Waals surface area (Å²) in [7, 11) is 3.88. The summed E-state index contributed by atoms with van der Waals surface area (Å²) >= 11 is 0. The minimum absolute atomic E-state index is 0.0300. The Balaban J connectivity index is 1.58. The summed E-state index contributed by atoms with van der Waals surface area (Å²) in [6, 6.07) is 9.82. The molecule has 0 aliphatic carbocycles. The van der Waals surface area contributed by atoms with Crippen molar-refractivity contribution in [3.8, 4) is 0 Å². The number of nitrogens with zero attached hydrogens (tertiary/aromatic N) is 2. The maximum atomic E-state index is 14.2. The monoisotopic (exact) mass is 772 g/mol. The van der Waals surface area contributed by atoms with Crippen LogP contribution in [0.4, 0.5) is 0 Å². The SMILES string of the molecule is CC[C@H]1OC(=O)[C@H](C)[C@H]2OC/C(=N\OCCc3ccccc3)CO[C@](C)(C[C@@H](C)C3OC1(C)C(=O)C3C)[C@H](O[C@@H]1O[C@H](C)C[C@H](N(C)C)[C@H]1OC(C)=O)[C@@H]2C. The molecule has 4 aliphatic rings. The van der Waals surface area contributed by atoms with Gasteiger partial charge in [-0.3, -0.25) is 14.4 Å². The second-order valence-electron chi connectivity index (χ2n) is 16.8. The molecule has 0 saturated carbocycles. The molecule has 55 heavy (non-hydrogen) atoms. The molecule has 308 valence electrons. The molecule has 13 heteroatoms. The lowest BCUT2D eigenvalue weighted by Gasteiger charge is -2.48. The van der Waals surface area contributed by atoms with Crippen LogP contribution >= 0.6 is 0 Å². The van der Waals surface area contributed by atoms with Crippen molar-refractivity contribution in [1.82, 2.24) is 4.90 Å². The third-order valence-corrected chi connectivity index (χ3v) is 12.1. The number of ketones is 1. The molecular weight excluding hydrogens is 708 g/mol. The van der Waals surface area contributed by atoms with Gasteiger partial charge in [-0.25, -0.2) is 0 Å². The molecule has 4 bridgehead atoms. The number of carbonyl (C=O) groups is 3. The summed E-state index contributed by atoms with van der Waals surface area (Å²) in [4.78, 5) is 48.6. The van der Waals surface area contributed by atoms with Crippen LogP contribution in [0, 0.1) is 23.7 Å². The predicted octanol–water partition coefficient (Wildman–Crippen LogP) is 5.15. The molecule has 4 saturated heterocycles. The van der Waals surface area contributed by atoms with Crippen LogP contribution in [0.3, 0.4) is 0 Å². The molecule has 4 fully saturated rings. The van der Waals surface area contributed by atoms with E-state index in [-0.39, 0.29) is 37.1 Å². The Bertz CT molecular complexity index is 1510. The minimum atomic E-state index is -1.32. The number of esters is 2. The normalized spacial score (nSPS) is 41.0. The van der Waals surface area contributed by atoms with Crippen LogP contribution < -0.4 is 0 Å². The first-order valence-corrected chi connectivity index (χ1v) is 20.0. The average molecular weight is 773 g/mol. The molecule has 1 aromatic carbocycles. The Morgan fingerprint density at radius 2 is 1.71 bits per heavy atom. The van der Waals surface area contributed by atoms with Gasteiger partial charge < -0.3 is 42.9 Å². The molecule has 0 amide bonds. The van der Waals surface area contributed by atoms with E-state index in [1.165, 1.54) is 6.92 Å². The summed E-state index contributed by atoms with van der Waals surface area (Å²) in [6.45, 7) is 17.1. The smallest absolute Gasteiger partial charge is 0.311 e. The van der Waals surface area contributed by atoms with E-state index < -0.39 is 77.7 Å². The standard InChI is InChI=1S/C42H64N2O11/c1-12-33-42(9)37(46)26(4)34(55-42)24(2)21-41(8)38(54-40-36(52-29(7)45)32(44(10)11)20-25(3)51-40)27(5)35(28(6)39(47)53-33)48-22-31(23-49-41)43-50-19-18-30-16-14-13-15-17-30/h13-17,24-28,32-36,38,40H,12,18-23H2,1-11H3/b43-31+/t24-,25-,26?,27-,28-,32+,33-,34?,35+,36-,38-,40+,41-,42?/m1/s1. The van der Waals surface area contributed by atoms with Gasteiger partial charge in [-0.05, 0) is 72.5 Å². The van der Waals surface area contributed by atoms with E-state index in [0.717, 1.165) is 5.56 Å². The number of fused-ring (bicyclic) bond motifs is 5. The fourth-order valence-electron chi connectivity index (χ4n) is 9.20. The molecular formula is C42H64N2O11. The zero-order valence-electron chi connectivity index (χ0n) is 34.6. The lowest BCUT2D eigenvalue weighted by molar-refractivity contribution is -0.305. The van der Waals surface area contributed by atoms with Crippen molar-refractivity contribution in [3.05, 3.63) is 35.9 Å². The summed E-state index contributed by atoms with van der Waals surface area (Å²) in [5, 5.41) is 4.49. The predicted molar refractivity (Wildman–Crippen MR) is 204 cm³/mol. The molecule has 4 aliphatic heterocycles. The average Bonchev–Trinajstić information content (AvgIpc) is 3.39. The van der Waals surface area contributed by atoms with Crippen molar-refractivity contribution in [2.75, 3.05) is 33.9 Å². The van der Waals surface area contributed by atoms with Crippen LogP contribution in [0.5, 0.6) is 0 Å². The van der Waals surface area contributed by atoms with E-state index in [2.05, 4.69) is 12.1 Å². The molecule has 1 aromatic rings. The zero-order valence-corrected chi connectivity index (χ0v) is 34.6. The second kappa shape index (κ2) is 18.1. The molecule has 0 aromatic heterocycles. The Morgan fingerprint density at radius 3 is 2.36 bits per heavy atom. The van der Waals surface area contributed by atoms with E-state index in [4.69, 9.17) is 38.0 Å². The first-order chi connectivity index (χ1) is 26.0. The van der Waals surface area contributed by atoms with Gasteiger partial charge in [-0.1, -0.05) is 63.2 Å². The second-order valence-corrected chi connectivity index (χ2v) is 16.8. The van der Waals surface area contributed by atoms with Gasteiger partial charge in [0.1, 0.15) is 18.4 Å². The van der Waals surface area contributed by atoms with Crippen molar-refractivity contribution in [2.24, 2.45) is 28.8 Å². The highest BCUT2D eigenvalue weighted by molar-refractivity contribution is 5.92. The highest BCUT2D eigenvalue weighted by atomic mass is 16.7. The van der Waals surface area contributed by atoms with E-state index in [1.807, 2.05) is 83.9 Å². The molecule has 14 atom stereocenters. The molecule has 0 radical (unpaired) electrons. The Morgan fingerprint density at radius 1 is 1.00 bits per heavy atom. The van der Waals surface area contributed by atoms with Gasteiger partial charge in [0.05, 0.1) is 55.2 Å². The Kier molecular flexibility index (Phi) is 14.2. The van der Waals surface area contributed by atoms with Crippen LogP contribution in [0.15, 0.2) is 35.5 Å². The van der Waals surface area contributed by atoms with Crippen molar-refractivity contribution < 1.29 is 52.4 Å². The van der Waals surface area contributed by atoms with Gasteiger partial charge in [-0.15, -0.1) is 0 Å². The van der Waals surface area contributed by atoms with E-state index in [1.54, 1.807) is 13.8 Å². The Hall–Kier alpha value is -2.94. The van der Waals surface area contributed by atoms with Crippen molar-refractivity contribution >= 4 is 23.4 Å². The number of benzene rings is 1. The van der Waals surface area contributed by atoms with E-state index in [0.29, 0.717) is 38.0 Å². The first kappa shape index (κ1) is 43.2. The van der Waals surface area contributed by atoms with Gasteiger partial charge in [0.25, 0.3) is 0 Å².